The van der Waals surface area contributed by atoms with E-state index >= 15 is 0 Å². The molecule has 0 aliphatic heterocycles. The molecule has 0 aliphatic rings. The lowest BCUT2D eigenvalue weighted by molar-refractivity contribution is 0.102. The molecule has 2 aromatic rings. The van der Waals surface area contributed by atoms with Crippen LogP contribution in [0, 0.1) is 6.92 Å². The predicted octanol–water partition coefficient (Wildman–Crippen LogP) is 3.61. The molecule has 0 unspecified atom stereocenters. The van der Waals surface area contributed by atoms with Crippen LogP contribution in [0.3, 0.4) is 0 Å². The number of amides is 1. The topological polar surface area (TPSA) is 49.3 Å². The standard InChI is InChI=1S/C14H12ClNO2/c1-9-8-11(15)4-7-13(9)16-14(18)10-2-5-12(17)6-3-10/h2-8,17H,1H3,(H,16,18). The smallest absolute Gasteiger partial charge is 0.255 e. The number of phenols is 1. The molecular weight excluding hydrogens is 250 g/mol. The second-order valence-electron chi connectivity index (χ2n) is 3.96. The van der Waals surface area contributed by atoms with Gasteiger partial charge in [-0.05, 0) is 55.0 Å². The maximum Gasteiger partial charge on any atom is 0.255 e. The molecule has 4 heteroatoms. The Balaban J connectivity index is 2.18. The molecule has 2 aromatic carbocycles. The van der Waals surface area contributed by atoms with Crippen LogP contribution in [0.5, 0.6) is 5.75 Å². The van der Waals surface area contributed by atoms with Crippen molar-refractivity contribution in [3.63, 3.8) is 0 Å². The number of anilines is 1. The predicted molar refractivity (Wildman–Crippen MR) is 72.2 cm³/mol. The monoisotopic (exact) mass is 261 g/mol. The molecule has 0 fully saturated rings. The highest BCUT2D eigenvalue weighted by molar-refractivity contribution is 6.30. The van der Waals surface area contributed by atoms with Gasteiger partial charge in [0.25, 0.3) is 5.91 Å². The van der Waals surface area contributed by atoms with Crippen molar-refractivity contribution in [2.24, 2.45) is 0 Å². The Morgan fingerprint density at radius 3 is 2.44 bits per heavy atom. The number of phenolic OH excluding ortho intramolecular Hbond substituents is 1. The van der Waals surface area contributed by atoms with Gasteiger partial charge < -0.3 is 10.4 Å². The Hall–Kier alpha value is -2.00. The third-order valence-corrected chi connectivity index (χ3v) is 2.80. The summed E-state index contributed by atoms with van der Waals surface area (Å²) in [5, 5.41) is 12.6. The molecule has 0 aromatic heterocycles. The zero-order valence-corrected chi connectivity index (χ0v) is 10.5. The van der Waals surface area contributed by atoms with Gasteiger partial charge in [0.2, 0.25) is 0 Å². The van der Waals surface area contributed by atoms with E-state index < -0.39 is 0 Å². The minimum atomic E-state index is -0.222. The number of carbonyl (C=O) groups is 1. The summed E-state index contributed by atoms with van der Waals surface area (Å²) in [7, 11) is 0. The van der Waals surface area contributed by atoms with Crippen molar-refractivity contribution in [2.45, 2.75) is 6.92 Å². The summed E-state index contributed by atoms with van der Waals surface area (Å²) >= 11 is 5.85. The van der Waals surface area contributed by atoms with Crippen LogP contribution < -0.4 is 5.32 Å². The highest BCUT2D eigenvalue weighted by atomic mass is 35.5. The number of carbonyl (C=O) groups excluding carboxylic acids is 1. The van der Waals surface area contributed by atoms with Crippen LogP contribution in [0.4, 0.5) is 5.69 Å². The van der Waals surface area contributed by atoms with Gasteiger partial charge in [-0.15, -0.1) is 0 Å². The molecule has 0 aliphatic carbocycles. The Bertz CT molecular complexity index is 579. The molecule has 0 saturated carbocycles. The maximum atomic E-state index is 11.9. The van der Waals surface area contributed by atoms with E-state index in [1.807, 2.05) is 6.92 Å². The lowest BCUT2D eigenvalue weighted by atomic mass is 10.1. The zero-order valence-electron chi connectivity index (χ0n) is 9.77. The van der Waals surface area contributed by atoms with E-state index in [1.54, 1.807) is 30.3 Å². The number of hydrogen-bond donors (Lipinski definition) is 2. The highest BCUT2D eigenvalue weighted by Crippen LogP contribution is 2.20. The number of hydrogen-bond acceptors (Lipinski definition) is 2. The van der Waals surface area contributed by atoms with E-state index in [9.17, 15) is 4.79 Å². The molecule has 3 nitrogen and oxygen atoms in total. The summed E-state index contributed by atoms with van der Waals surface area (Å²) < 4.78 is 0. The SMILES string of the molecule is Cc1cc(Cl)ccc1NC(=O)c1ccc(O)cc1. The van der Waals surface area contributed by atoms with Crippen molar-refractivity contribution in [1.82, 2.24) is 0 Å². The maximum absolute atomic E-state index is 11.9. The molecule has 1 amide bonds. The van der Waals surface area contributed by atoms with E-state index in [1.165, 1.54) is 12.1 Å². The van der Waals surface area contributed by atoms with Crippen LogP contribution in [0.1, 0.15) is 15.9 Å². The molecule has 0 bridgehead atoms. The minimum absolute atomic E-state index is 0.134. The van der Waals surface area contributed by atoms with Gasteiger partial charge in [-0.25, -0.2) is 0 Å². The minimum Gasteiger partial charge on any atom is -0.508 e. The Morgan fingerprint density at radius 1 is 1.17 bits per heavy atom. The van der Waals surface area contributed by atoms with Gasteiger partial charge in [0, 0.05) is 16.3 Å². The first kappa shape index (κ1) is 12.5. The first-order valence-corrected chi connectivity index (χ1v) is 5.80. The fraction of sp³-hybridized carbons (Fsp3) is 0.0714. The van der Waals surface area contributed by atoms with Crippen LogP contribution in [0.2, 0.25) is 5.02 Å². The first-order chi connectivity index (χ1) is 8.56. The van der Waals surface area contributed by atoms with Gasteiger partial charge >= 0.3 is 0 Å². The Kier molecular flexibility index (Phi) is 3.53. The number of aryl methyl sites for hydroxylation is 1. The average Bonchev–Trinajstić information content (AvgIpc) is 2.33. The number of benzene rings is 2. The second-order valence-corrected chi connectivity index (χ2v) is 4.40. The number of nitrogens with one attached hydrogen (secondary N) is 1. The summed E-state index contributed by atoms with van der Waals surface area (Å²) in [5.74, 6) is -0.0883. The lowest BCUT2D eigenvalue weighted by Gasteiger charge is -2.08. The molecule has 0 spiro atoms. The fourth-order valence-electron chi connectivity index (χ4n) is 1.57. The average molecular weight is 262 g/mol. The number of halogens is 1. The second kappa shape index (κ2) is 5.10. The van der Waals surface area contributed by atoms with Crippen LogP contribution >= 0.6 is 11.6 Å². The molecular formula is C14H12ClNO2. The Labute approximate surface area is 110 Å². The quantitative estimate of drug-likeness (QED) is 0.868. The van der Waals surface area contributed by atoms with Crippen molar-refractivity contribution >= 4 is 23.2 Å². The van der Waals surface area contributed by atoms with Crippen molar-refractivity contribution in [1.29, 1.82) is 0 Å². The molecule has 0 radical (unpaired) electrons. The van der Waals surface area contributed by atoms with E-state index in [2.05, 4.69) is 5.32 Å². The van der Waals surface area contributed by atoms with Crippen molar-refractivity contribution in [2.75, 3.05) is 5.32 Å². The van der Waals surface area contributed by atoms with Crippen LogP contribution in [-0.4, -0.2) is 11.0 Å². The third-order valence-electron chi connectivity index (χ3n) is 2.57. The molecule has 2 N–H and O–H groups in total. The van der Waals surface area contributed by atoms with Gasteiger partial charge in [0.1, 0.15) is 5.75 Å². The van der Waals surface area contributed by atoms with Gasteiger partial charge in [-0.2, -0.15) is 0 Å². The lowest BCUT2D eigenvalue weighted by Crippen LogP contribution is -2.12. The summed E-state index contributed by atoms with van der Waals surface area (Å²) in [6.07, 6.45) is 0. The fourth-order valence-corrected chi connectivity index (χ4v) is 1.80. The molecule has 0 heterocycles. The van der Waals surface area contributed by atoms with Gasteiger partial charge in [-0.1, -0.05) is 11.6 Å². The highest BCUT2D eigenvalue weighted by Gasteiger charge is 2.07. The zero-order chi connectivity index (χ0) is 13.1. The summed E-state index contributed by atoms with van der Waals surface area (Å²) in [4.78, 5) is 11.9. The van der Waals surface area contributed by atoms with Gasteiger partial charge in [-0.3, -0.25) is 4.79 Å². The summed E-state index contributed by atoms with van der Waals surface area (Å²) in [6.45, 7) is 1.87. The van der Waals surface area contributed by atoms with Gasteiger partial charge in [0.15, 0.2) is 0 Å². The van der Waals surface area contributed by atoms with Crippen molar-refractivity contribution in [3.05, 3.63) is 58.6 Å². The normalized spacial score (nSPS) is 10.1. The van der Waals surface area contributed by atoms with Crippen LogP contribution in [0.25, 0.3) is 0 Å². The van der Waals surface area contributed by atoms with Crippen molar-refractivity contribution < 1.29 is 9.90 Å². The molecule has 2 rings (SSSR count). The van der Waals surface area contributed by atoms with E-state index in [4.69, 9.17) is 16.7 Å². The number of rotatable bonds is 2. The van der Waals surface area contributed by atoms with Gasteiger partial charge in [0.05, 0.1) is 0 Å². The van der Waals surface area contributed by atoms with E-state index in [0.717, 1.165) is 11.3 Å². The van der Waals surface area contributed by atoms with Crippen LogP contribution in [-0.2, 0) is 0 Å². The molecule has 0 atom stereocenters. The molecule has 92 valence electrons. The first-order valence-electron chi connectivity index (χ1n) is 5.43. The largest absolute Gasteiger partial charge is 0.508 e. The van der Waals surface area contributed by atoms with Crippen molar-refractivity contribution in [3.8, 4) is 5.75 Å². The Morgan fingerprint density at radius 2 is 1.83 bits per heavy atom. The third kappa shape index (κ3) is 2.81. The molecule has 0 saturated heterocycles. The van der Waals surface area contributed by atoms with Crippen LogP contribution in [0.15, 0.2) is 42.5 Å². The number of aromatic hydroxyl groups is 1. The summed E-state index contributed by atoms with van der Waals surface area (Å²) in [6, 6.07) is 11.4. The van der Waals surface area contributed by atoms with E-state index in [-0.39, 0.29) is 11.7 Å². The molecule has 18 heavy (non-hydrogen) atoms. The summed E-state index contributed by atoms with van der Waals surface area (Å²) in [5.41, 5.74) is 2.11. The van der Waals surface area contributed by atoms with E-state index in [0.29, 0.717) is 10.6 Å².